The van der Waals surface area contributed by atoms with E-state index >= 15 is 0 Å². The molecule has 2 rings (SSSR count). The quantitative estimate of drug-likeness (QED) is 0.679. The van der Waals surface area contributed by atoms with Gasteiger partial charge in [0.2, 0.25) is 0 Å². The van der Waals surface area contributed by atoms with E-state index in [0.29, 0.717) is 12.2 Å². The number of aryl methyl sites for hydroxylation is 2. The van der Waals surface area contributed by atoms with Crippen molar-refractivity contribution in [2.45, 2.75) is 20.4 Å². The molecule has 1 aromatic carbocycles. The van der Waals surface area contributed by atoms with Crippen LogP contribution in [-0.2, 0) is 6.54 Å². The predicted molar refractivity (Wildman–Crippen MR) is 72.0 cm³/mol. The molecule has 0 aliphatic heterocycles. The van der Waals surface area contributed by atoms with Gasteiger partial charge in [-0.3, -0.25) is 10.1 Å². The zero-order valence-electron chi connectivity index (χ0n) is 10.1. The van der Waals surface area contributed by atoms with Crippen molar-refractivity contribution in [3.8, 4) is 0 Å². The van der Waals surface area contributed by atoms with Crippen LogP contribution in [0.1, 0.15) is 16.3 Å². The van der Waals surface area contributed by atoms with Gasteiger partial charge in [0.1, 0.15) is 10.7 Å². The van der Waals surface area contributed by atoms with E-state index in [0.717, 1.165) is 16.3 Å². The van der Waals surface area contributed by atoms with Crippen molar-refractivity contribution >= 4 is 22.7 Å². The van der Waals surface area contributed by atoms with E-state index in [1.165, 1.54) is 6.07 Å². The standard InChI is InChI=1S/C12H13N3O2S/c1-8-4-3-5-10(15(16)17)12(8)13-6-11-14-9(2)7-18-11/h3-5,7,13H,6H2,1-2H3. The lowest BCUT2D eigenvalue weighted by Gasteiger charge is -2.08. The number of nitro benzene ring substituents is 1. The van der Waals surface area contributed by atoms with Gasteiger partial charge >= 0.3 is 0 Å². The van der Waals surface area contributed by atoms with Gasteiger partial charge < -0.3 is 5.32 Å². The average molecular weight is 263 g/mol. The Balaban J connectivity index is 2.20. The molecule has 0 bridgehead atoms. The molecule has 1 aromatic heterocycles. The maximum Gasteiger partial charge on any atom is 0.292 e. The summed E-state index contributed by atoms with van der Waals surface area (Å²) in [6, 6.07) is 5.04. The summed E-state index contributed by atoms with van der Waals surface area (Å²) in [6.07, 6.45) is 0. The SMILES string of the molecule is Cc1csc(CNc2c(C)cccc2[N+](=O)[O-])n1. The van der Waals surface area contributed by atoms with Crippen molar-refractivity contribution in [2.24, 2.45) is 0 Å². The van der Waals surface area contributed by atoms with Crippen LogP contribution >= 0.6 is 11.3 Å². The third kappa shape index (κ3) is 2.65. The summed E-state index contributed by atoms with van der Waals surface area (Å²) in [7, 11) is 0. The first kappa shape index (κ1) is 12.5. The Bertz CT molecular complexity index is 580. The predicted octanol–water partition coefficient (Wildman–Crippen LogP) is 3.28. The minimum absolute atomic E-state index is 0.100. The van der Waals surface area contributed by atoms with Crippen LogP contribution < -0.4 is 5.32 Å². The number of aromatic nitrogens is 1. The highest BCUT2D eigenvalue weighted by Gasteiger charge is 2.15. The summed E-state index contributed by atoms with van der Waals surface area (Å²) < 4.78 is 0. The summed E-state index contributed by atoms with van der Waals surface area (Å²) in [4.78, 5) is 14.9. The summed E-state index contributed by atoms with van der Waals surface area (Å²) >= 11 is 1.55. The van der Waals surface area contributed by atoms with Crippen LogP contribution in [0.3, 0.4) is 0 Å². The molecule has 5 nitrogen and oxygen atoms in total. The van der Waals surface area contributed by atoms with Gasteiger partial charge in [0.15, 0.2) is 0 Å². The van der Waals surface area contributed by atoms with Gasteiger partial charge in [-0.1, -0.05) is 12.1 Å². The van der Waals surface area contributed by atoms with Gasteiger partial charge in [-0.25, -0.2) is 4.98 Å². The molecule has 0 fully saturated rings. The van der Waals surface area contributed by atoms with E-state index in [2.05, 4.69) is 10.3 Å². The van der Waals surface area contributed by atoms with Gasteiger partial charge in [0.25, 0.3) is 5.69 Å². The van der Waals surface area contributed by atoms with E-state index in [9.17, 15) is 10.1 Å². The van der Waals surface area contributed by atoms with E-state index in [-0.39, 0.29) is 10.6 Å². The zero-order valence-corrected chi connectivity index (χ0v) is 11.0. The van der Waals surface area contributed by atoms with Gasteiger partial charge in [-0.2, -0.15) is 0 Å². The van der Waals surface area contributed by atoms with Crippen LogP contribution in [-0.4, -0.2) is 9.91 Å². The van der Waals surface area contributed by atoms with Crippen molar-refractivity contribution in [1.82, 2.24) is 4.98 Å². The second-order valence-corrected chi connectivity index (χ2v) is 4.90. The molecular weight excluding hydrogens is 250 g/mol. The number of nitrogens with zero attached hydrogens (tertiary/aromatic N) is 2. The minimum Gasteiger partial charge on any atom is -0.373 e. The van der Waals surface area contributed by atoms with E-state index in [4.69, 9.17) is 0 Å². The molecule has 0 aliphatic rings. The fourth-order valence-corrected chi connectivity index (χ4v) is 2.39. The van der Waals surface area contributed by atoms with Crippen molar-refractivity contribution in [1.29, 1.82) is 0 Å². The van der Waals surface area contributed by atoms with Gasteiger partial charge in [-0.15, -0.1) is 11.3 Å². The lowest BCUT2D eigenvalue weighted by molar-refractivity contribution is -0.384. The number of anilines is 1. The highest BCUT2D eigenvalue weighted by molar-refractivity contribution is 7.09. The molecule has 0 radical (unpaired) electrons. The van der Waals surface area contributed by atoms with Crippen molar-refractivity contribution < 1.29 is 4.92 Å². The maximum absolute atomic E-state index is 10.9. The number of hydrogen-bond donors (Lipinski definition) is 1. The first-order valence-corrected chi connectivity index (χ1v) is 6.35. The van der Waals surface area contributed by atoms with Gasteiger partial charge in [0, 0.05) is 17.1 Å². The fraction of sp³-hybridized carbons (Fsp3) is 0.250. The molecule has 18 heavy (non-hydrogen) atoms. The van der Waals surface area contributed by atoms with Crippen LogP contribution in [0.5, 0.6) is 0 Å². The Morgan fingerprint density at radius 2 is 2.22 bits per heavy atom. The minimum atomic E-state index is -0.373. The molecule has 0 atom stereocenters. The number of nitro groups is 1. The molecule has 0 spiro atoms. The first-order chi connectivity index (χ1) is 8.58. The summed E-state index contributed by atoms with van der Waals surface area (Å²) in [6.45, 7) is 4.28. The molecule has 6 heteroatoms. The lowest BCUT2D eigenvalue weighted by Crippen LogP contribution is -2.04. The topological polar surface area (TPSA) is 68.1 Å². The maximum atomic E-state index is 10.9. The molecule has 94 valence electrons. The largest absolute Gasteiger partial charge is 0.373 e. The Morgan fingerprint density at radius 3 is 2.83 bits per heavy atom. The number of rotatable bonds is 4. The van der Waals surface area contributed by atoms with E-state index in [1.807, 2.05) is 25.3 Å². The average Bonchev–Trinajstić information content (AvgIpc) is 2.73. The second-order valence-electron chi connectivity index (χ2n) is 3.96. The molecule has 2 aromatic rings. The molecule has 0 saturated heterocycles. The summed E-state index contributed by atoms with van der Waals surface area (Å²) in [5.41, 5.74) is 2.49. The van der Waals surface area contributed by atoms with E-state index < -0.39 is 0 Å². The smallest absolute Gasteiger partial charge is 0.292 e. The van der Waals surface area contributed by atoms with Crippen LogP contribution in [0.2, 0.25) is 0 Å². The Hall–Kier alpha value is -1.95. The normalized spacial score (nSPS) is 10.3. The number of para-hydroxylation sites is 1. The molecule has 0 saturated carbocycles. The number of hydrogen-bond acceptors (Lipinski definition) is 5. The molecular formula is C12H13N3O2S. The van der Waals surface area contributed by atoms with Crippen molar-refractivity contribution in [3.05, 3.63) is 50.0 Å². The highest BCUT2D eigenvalue weighted by atomic mass is 32.1. The number of thiazole rings is 1. The van der Waals surface area contributed by atoms with Crippen molar-refractivity contribution in [3.63, 3.8) is 0 Å². The Morgan fingerprint density at radius 1 is 1.44 bits per heavy atom. The summed E-state index contributed by atoms with van der Waals surface area (Å²) in [5.74, 6) is 0. The monoisotopic (exact) mass is 263 g/mol. The third-order valence-electron chi connectivity index (χ3n) is 2.53. The van der Waals surface area contributed by atoms with Crippen LogP contribution in [0.15, 0.2) is 23.6 Å². The van der Waals surface area contributed by atoms with Crippen LogP contribution in [0.4, 0.5) is 11.4 Å². The zero-order chi connectivity index (χ0) is 13.1. The molecule has 1 heterocycles. The Labute approximate surface area is 109 Å². The van der Waals surface area contributed by atoms with Gasteiger partial charge in [0.05, 0.1) is 11.5 Å². The number of benzene rings is 1. The van der Waals surface area contributed by atoms with E-state index in [1.54, 1.807) is 17.4 Å². The third-order valence-corrected chi connectivity index (χ3v) is 3.50. The number of nitrogens with one attached hydrogen (secondary N) is 1. The Kier molecular flexibility index (Phi) is 3.57. The molecule has 1 N–H and O–H groups in total. The van der Waals surface area contributed by atoms with Crippen LogP contribution in [0.25, 0.3) is 0 Å². The van der Waals surface area contributed by atoms with Gasteiger partial charge in [-0.05, 0) is 19.4 Å². The fourth-order valence-electron chi connectivity index (χ4n) is 1.68. The molecule has 0 unspecified atom stereocenters. The van der Waals surface area contributed by atoms with Crippen molar-refractivity contribution in [2.75, 3.05) is 5.32 Å². The second kappa shape index (κ2) is 5.14. The summed E-state index contributed by atoms with van der Waals surface area (Å²) in [5, 5.41) is 16.9. The van der Waals surface area contributed by atoms with Crippen LogP contribution in [0, 0.1) is 24.0 Å². The lowest BCUT2D eigenvalue weighted by atomic mass is 10.1. The first-order valence-electron chi connectivity index (χ1n) is 5.47. The molecule has 0 aliphatic carbocycles. The highest BCUT2D eigenvalue weighted by Crippen LogP contribution is 2.28. The molecule has 0 amide bonds.